The van der Waals surface area contributed by atoms with E-state index in [1.807, 2.05) is 12.2 Å². The van der Waals surface area contributed by atoms with Crippen LogP contribution in [0.25, 0.3) is 11.1 Å². The van der Waals surface area contributed by atoms with Gasteiger partial charge in [0.05, 0.1) is 0 Å². The van der Waals surface area contributed by atoms with Crippen LogP contribution in [0.3, 0.4) is 0 Å². The molecule has 154 valence electrons. The van der Waals surface area contributed by atoms with Crippen molar-refractivity contribution in [1.29, 1.82) is 0 Å². The summed E-state index contributed by atoms with van der Waals surface area (Å²) in [4.78, 5) is 0. The van der Waals surface area contributed by atoms with E-state index in [0.717, 1.165) is 19.3 Å². The molecule has 0 atom stereocenters. The Labute approximate surface area is 178 Å². The fourth-order valence-electron chi connectivity index (χ4n) is 4.57. The van der Waals surface area contributed by atoms with Crippen LogP contribution in [0, 0.1) is 0 Å². The van der Waals surface area contributed by atoms with Gasteiger partial charge in [0.25, 0.3) is 0 Å². The molecule has 1 aliphatic carbocycles. The van der Waals surface area contributed by atoms with Crippen molar-refractivity contribution in [1.82, 2.24) is 0 Å². The summed E-state index contributed by atoms with van der Waals surface area (Å²) in [5.41, 5.74) is 9.02. The van der Waals surface area contributed by atoms with Gasteiger partial charge in [-0.15, -0.1) is 13.2 Å². The number of rotatable bonds is 14. The van der Waals surface area contributed by atoms with E-state index in [1.54, 1.807) is 0 Å². The van der Waals surface area contributed by atoms with Gasteiger partial charge in [-0.1, -0.05) is 74.2 Å². The first-order valence-corrected chi connectivity index (χ1v) is 11.8. The molecular formula is C29H38. The molecule has 0 amide bonds. The number of unbranched alkanes of at least 4 members (excludes halogenated alkanes) is 8. The molecule has 2 aromatic carbocycles. The SMILES string of the molecule is C=CCCCCCCc1ccc2c(c1)Cc1cc(CCCCCCC=C)ccc1-2. The zero-order valence-electron chi connectivity index (χ0n) is 18.2. The standard InChI is InChI=1S/C29H38/c1-3-5-7-9-11-13-15-24-17-19-28-26(21-24)23-27-22-25(18-20-29(27)28)16-14-12-10-8-6-4-2/h3-4,17-22H,1-2,5-16,23H2. The molecule has 0 aromatic heterocycles. The lowest BCUT2D eigenvalue weighted by atomic mass is 9.99. The van der Waals surface area contributed by atoms with Crippen molar-refractivity contribution in [3.63, 3.8) is 0 Å². The molecule has 0 aliphatic heterocycles. The van der Waals surface area contributed by atoms with Crippen molar-refractivity contribution < 1.29 is 0 Å². The number of allylic oxidation sites excluding steroid dienone is 2. The minimum absolute atomic E-state index is 1.12. The van der Waals surface area contributed by atoms with Gasteiger partial charge in [-0.25, -0.2) is 0 Å². The van der Waals surface area contributed by atoms with Gasteiger partial charge in [-0.2, -0.15) is 0 Å². The van der Waals surface area contributed by atoms with Gasteiger partial charge >= 0.3 is 0 Å². The van der Waals surface area contributed by atoms with Crippen LogP contribution < -0.4 is 0 Å². The summed E-state index contributed by atoms with van der Waals surface area (Å²) in [6, 6.07) is 14.4. The fourth-order valence-corrected chi connectivity index (χ4v) is 4.57. The summed E-state index contributed by atoms with van der Waals surface area (Å²) in [5.74, 6) is 0. The Morgan fingerprint density at radius 1 is 0.586 bits per heavy atom. The van der Waals surface area contributed by atoms with E-state index in [-0.39, 0.29) is 0 Å². The van der Waals surface area contributed by atoms with Crippen LogP contribution in [0.15, 0.2) is 61.7 Å². The van der Waals surface area contributed by atoms with Crippen LogP contribution in [0.1, 0.15) is 86.5 Å². The highest BCUT2D eigenvalue weighted by molar-refractivity contribution is 5.77. The third-order valence-corrected chi connectivity index (χ3v) is 6.26. The Morgan fingerprint density at radius 2 is 1.03 bits per heavy atom. The molecule has 0 unspecified atom stereocenters. The van der Waals surface area contributed by atoms with E-state index in [9.17, 15) is 0 Å². The summed E-state index contributed by atoms with van der Waals surface area (Å²) in [7, 11) is 0. The third kappa shape index (κ3) is 6.46. The van der Waals surface area contributed by atoms with E-state index >= 15 is 0 Å². The highest BCUT2D eigenvalue weighted by Gasteiger charge is 2.18. The molecule has 2 aromatic rings. The first kappa shape index (κ1) is 21.6. The number of benzene rings is 2. The van der Waals surface area contributed by atoms with Crippen molar-refractivity contribution in [2.24, 2.45) is 0 Å². The molecular weight excluding hydrogens is 348 g/mol. The second-order valence-corrected chi connectivity index (χ2v) is 8.64. The number of hydrogen-bond acceptors (Lipinski definition) is 0. The summed E-state index contributed by atoms with van der Waals surface area (Å²) < 4.78 is 0. The first-order chi connectivity index (χ1) is 14.3. The van der Waals surface area contributed by atoms with E-state index in [2.05, 4.69) is 49.6 Å². The van der Waals surface area contributed by atoms with Gasteiger partial charge in [0.15, 0.2) is 0 Å². The van der Waals surface area contributed by atoms with Crippen molar-refractivity contribution >= 4 is 0 Å². The van der Waals surface area contributed by atoms with Crippen molar-refractivity contribution in [3.05, 3.63) is 84.0 Å². The normalized spacial score (nSPS) is 11.9. The summed E-state index contributed by atoms with van der Waals surface area (Å²) >= 11 is 0. The zero-order chi connectivity index (χ0) is 20.3. The second-order valence-electron chi connectivity index (χ2n) is 8.64. The lowest BCUT2D eigenvalue weighted by Gasteiger charge is -2.06. The van der Waals surface area contributed by atoms with Crippen LogP contribution in [0.4, 0.5) is 0 Å². The molecule has 29 heavy (non-hydrogen) atoms. The average molecular weight is 387 g/mol. The predicted molar refractivity (Wildman–Crippen MR) is 129 cm³/mol. The Balaban J connectivity index is 1.49. The molecule has 0 saturated heterocycles. The minimum Gasteiger partial charge on any atom is -0.103 e. The molecule has 0 bridgehead atoms. The second kappa shape index (κ2) is 11.8. The van der Waals surface area contributed by atoms with Crippen LogP contribution in [-0.4, -0.2) is 0 Å². The van der Waals surface area contributed by atoms with Crippen LogP contribution in [-0.2, 0) is 19.3 Å². The molecule has 0 heteroatoms. The lowest BCUT2D eigenvalue weighted by molar-refractivity contribution is 0.646. The van der Waals surface area contributed by atoms with Gasteiger partial charge in [-0.05, 0) is 91.2 Å². The number of hydrogen-bond donors (Lipinski definition) is 0. The van der Waals surface area contributed by atoms with E-state index < -0.39 is 0 Å². The highest BCUT2D eigenvalue weighted by atomic mass is 14.2. The van der Waals surface area contributed by atoms with Gasteiger partial charge in [-0.3, -0.25) is 0 Å². The Bertz CT molecular complexity index is 728. The fraction of sp³-hybridized carbons (Fsp3) is 0.448. The number of aryl methyl sites for hydroxylation is 2. The van der Waals surface area contributed by atoms with Gasteiger partial charge < -0.3 is 0 Å². The van der Waals surface area contributed by atoms with Crippen LogP contribution in [0.5, 0.6) is 0 Å². The van der Waals surface area contributed by atoms with Crippen LogP contribution in [0.2, 0.25) is 0 Å². The maximum atomic E-state index is 3.81. The van der Waals surface area contributed by atoms with Crippen molar-refractivity contribution in [3.8, 4) is 11.1 Å². The monoisotopic (exact) mass is 386 g/mol. The van der Waals surface area contributed by atoms with E-state index in [1.165, 1.54) is 97.6 Å². The average Bonchev–Trinajstić information content (AvgIpc) is 3.10. The molecule has 0 nitrogen and oxygen atoms in total. The maximum Gasteiger partial charge on any atom is -0.00133 e. The van der Waals surface area contributed by atoms with Gasteiger partial charge in [0, 0.05) is 0 Å². The molecule has 0 fully saturated rings. The molecule has 0 spiro atoms. The van der Waals surface area contributed by atoms with E-state index in [0.29, 0.717) is 0 Å². The zero-order valence-corrected chi connectivity index (χ0v) is 18.2. The summed E-state index contributed by atoms with van der Waals surface area (Å²) in [6.45, 7) is 7.61. The molecule has 0 radical (unpaired) electrons. The summed E-state index contributed by atoms with van der Waals surface area (Å²) in [5, 5.41) is 0. The third-order valence-electron chi connectivity index (χ3n) is 6.26. The maximum absolute atomic E-state index is 3.81. The molecule has 0 saturated carbocycles. The lowest BCUT2D eigenvalue weighted by Crippen LogP contribution is -1.89. The van der Waals surface area contributed by atoms with Gasteiger partial charge in [0.2, 0.25) is 0 Å². The minimum atomic E-state index is 1.12. The Hall–Kier alpha value is -2.08. The number of fused-ring (bicyclic) bond motifs is 3. The topological polar surface area (TPSA) is 0 Å². The first-order valence-electron chi connectivity index (χ1n) is 11.8. The molecule has 0 heterocycles. The quantitative estimate of drug-likeness (QED) is 0.192. The smallest absolute Gasteiger partial charge is 0.00133 e. The Morgan fingerprint density at radius 3 is 1.48 bits per heavy atom. The van der Waals surface area contributed by atoms with Crippen molar-refractivity contribution in [2.45, 2.75) is 83.5 Å². The predicted octanol–water partition coefficient (Wildman–Crippen LogP) is 8.62. The largest absolute Gasteiger partial charge is 0.103 e. The van der Waals surface area contributed by atoms with Crippen LogP contribution >= 0.6 is 0 Å². The van der Waals surface area contributed by atoms with E-state index in [4.69, 9.17) is 0 Å². The molecule has 1 aliphatic rings. The van der Waals surface area contributed by atoms with Crippen molar-refractivity contribution in [2.75, 3.05) is 0 Å². The Kier molecular flexibility index (Phi) is 8.81. The molecule has 0 N–H and O–H groups in total. The van der Waals surface area contributed by atoms with Gasteiger partial charge in [0.1, 0.15) is 0 Å². The molecule has 3 rings (SSSR count). The highest BCUT2D eigenvalue weighted by Crippen LogP contribution is 2.37. The summed E-state index contributed by atoms with van der Waals surface area (Å²) in [6.07, 6.45) is 20.5.